The lowest BCUT2D eigenvalue weighted by atomic mass is 10.1. The lowest BCUT2D eigenvalue weighted by Gasteiger charge is -2.13. The molecule has 30 heavy (non-hydrogen) atoms. The molecule has 2 rings (SSSR count). The Morgan fingerprint density at radius 3 is 2.57 bits per heavy atom. The molecular weight excluding hydrogens is 387 g/mol. The third-order valence-electron chi connectivity index (χ3n) is 4.10. The van der Waals surface area contributed by atoms with Crippen molar-refractivity contribution in [1.29, 1.82) is 0 Å². The zero-order chi connectivity index (χ0) is 21.6. The highest BCUT2D eigenvalue weighted by Gasteiger charge is 2.04. The first-order chi connectivity index (χ1) is 14.6. The van der Waals surface area contributed by atoms with Crippen LogP contribution >= 0.6 is 0 Å². The number of benzene rings is 2. The Balaban J connectivity index is 1.70. The largest absolute Gasteiger partial charge is 0.493 e. The quantitative estimate of drug-likeness (QED) is 0.298. The second-order valence-corrected chi connectivity index (χ2v) is 6.50. The van der Waals surface area contributed by atoms with Gasteiger partial charge in [-0.25, -0.2) is 4.39 Å². The Kier molecular flexibility index (Phi) is 10.2. The van der Waals surface area contributed by atoms with Crippen LogP contribution in [0, 0.1) is 5.82 Å². The fourth-order valence-electron chi connectivity index (χ4n) is 2.61. The van der Waals surface area contributed by atoms with Crippen LogP contribution in [0.3, 0.4) is 0 Å². The first-order valence-corrected chi connectivity index (χ1v) is 9.81. The van der Waals surface area contributed by atoms with Crippen LogP contribution in [0.25, 0.3) is 0 Å². The number of hydrogen-bond acceptors (Lipinski definition) is 4. The molecule has 3 N–H and O–H groups in total. The molecule has 1 amide bonds. The zero-order valence-electron chi connectivity index (χ0n) is 17.4. The van der Waals surface area contributed by atoms with Gasteiger partial charge in [0.2, 0.25) is 5.91 Å². The Labute approximate surface area is 176 Å². The molecule has 0 atom stereocenters. The van der Waals surface area contributed by atoms with E-state index in [1.165, 1.54) is 12.1 Å². The van der Waals surface area contributed by atoms with Gasteiger partial charge in [0.05, 0.1) is 13.0 Å². The third kappa shape index (κ3) is 8.91. The summed E-state index contributed by atoms with van der Waals surface area (Å²) in [7, 11) is 3.34. The normalized spacial score (nSPS) is 11.1. The average molecular weight is 416 g/mol. The molecule has 0 radical (unpaired) electrons. The standard InChI is InChI=1S/C22H29FN4O3/c1-24-22(27-19-5-3-6-20(16-19)30-14-4-13-29-2)26-12-11-25-21(28)15-17-7-9-18(23)10-8-17/h3,5-10,16H,4,11-15H2,1-2H3,(H,25,28)(H2,24,26,27). The number of aliphatic imine (C=N–C) groups is 1. The average Bonchev–Trinajstić information content (AvgIpc) is 2.75. The Morgan fingerprint density at radius 1 is 1.07 bits per heavy atom. The fourth-order valence-corrected chi connectivity index (χ4v) is 2.61. The molecule has 162 valence electrons. The van der Waals surface area contributed by atoms with Gasteiger partial charge < -0.3 is 25.4 Å². The number of nitrogens with zero attached hydrogens (tertiary/aromatic N) is 1. The van der Waals surface area contributed by atoms with Gasteiger partial charge in [-0.1, -0.05) is 18.2 Å². The summed E-state index contributed by atoms with van der Waals surface area (Å²) in [5, 5.41) is 9.15. The summed E-state index contributed by atoms with van der Waals surface area (Å²) in [5.41, 5.74) is 1.61. The number of methoxy groups -OCH3 is 1. The second-order valence-electron chi connectivity index (χ2n) is 6.50. The summed E-state index contributed by atoms with van der Waals surface area (Å²) in [6.07, 6.45) is 1.04. The number of halogens is 1. The van der Waals surface area contributed by atoms with Crippen LogP contribution < -0.4 is 20.7 Å². The van der Waals surface area contributed by atoms with E-state index in [-0.39, 0.29) is 18.1 Å². The minimum absolute atomic E-state index is 0.121. The molecule has 0 aliphatic carbocycles. The third-order valence-corrected chi connectivity index (χ3v) is 4.10. The fraction of sp³-hybridized carbons (Fsp3) is 0.364. The summed E-state index contributed by atoms with van der Waals surface area (Å²) in [4.78, 5) is 16.1. The maximum Gasteiger partial charge on any atom is 0.224 e. The number of carbonyl (C=O) groups excluding carboxylic acids is 1. The van der Waals surface area contributed by atoms with Crippen LogP contribution in [-0.2, 0) is 16.0 Å². The van der Waals surface area contributed by atoms with Crippen LogP contribution in [0.2, 0.25) is 0 Å². The zero-order valence-corrected chi connectivity index (χ0v) is 17.4. The number of amides is 1. The molecule has 0 aliphatic heterocycles. The molecule has 0 saturated heterocycles. The smallest absolute Gasteiger partial charge is 0.224 e. The topological polar surface area (TPSA) is 84.0 Å². The predicted octanol–water partition coefficient (Wildman–Crippen LogP) is 2.59. The van der Waals surface area contributed by atoms with E-state index in [1.807, 2.05) is 24.3 Å². The molecule has 2 aromatic carbocycles. The molecule has 7 nitrogen and oxygen atoms in total. The number of rotatable bonds is 11. The van der Waals surface area contributed by atoms with Gasteiger partial charge in [0.1, 0.15) is 11.6 Å². The van der Waals surface area contributed by atoms with Crippen molar-refractivity contribution in [3.63, 3.8) is 0 Å². The van der Waals surface area contributed by atoms with Crippen molar-refractivity contribution in [3.8, 4) is 5.75 Å². The first-order valence-electron chi connectivity index (χ1n) is 9.81. The maximum atomic E-state index is 12.9. The summed E-state index contributed by atoms with van der Waals surface area (Å²) >= 11 is 0. The number of carbonyl (C=O) groups is 1. The molecule has 0 unspecified atom stereocenters. The van der Waals surface area contributed by atoms with Crippen molar-refractivity contribution in [2.45, 2.75) is 12.8 Å². The minimum atomic E-state index is -0.314. The SMILES string of the molecule is CN=C(NCCNC(=O)Cc1ccc(F)cc1)Nc1cccc(OCCCOC)c1. The summed E-state index contributed by atoms with van der Waals surface area (Å²) < 4.78 is 23.6. The van der Waals surface area contributed by atoms with Gasteiger partial charge in [0, 0.05) is 52.0 Å². The van der Waals surface area contributed by atoms with Gasteiger partial charge in [-0.15, -0.1) is 0 Å². The van der Waals surface area contributed by atoms with E-state index in [4.69, 9.17) is 9.47 Å². The summed E-state index contributed by atoms with van der Waals surface area (Å²) in [6, 6.07) is 13.5. The Morgan fingerprint density at radius 2 is 1.83 bits per heavy atom. The monoisotopic (exact) mass is 416 g/mol. The van der Waals surface area contributed by atoms with Gasteiger partial charge in [0.15, 0.2) is 5.96 Å². The van der Waals surface area contributed by atoms with Crippen molar-refractivity contribution in [1.82, 2.24) is 10.6 Å². The molecule has 0 aromatic heterocycles. The highest BCUT2D eigenvalue weighted by atomic mass is 19.1. The Bertz CT molecular complexity index is 812. The molecule has 2 aromatic rings. The summed E-state index contributed by atoms with van der Waals surface area (Å²) in [5.74, 6) is 0.911. The van der Waals surface area contributed by atoms with Gasteiger partial charge >= 0.3 is 0 Å². The molecular formula is C22H29FN4O3. The van der Waals surface area contributed by atoms with E-state index in [1.54, 1.807) is 26.3 Å². The van der Waals surface area contributed by atoms with Crippen molar-refractivity contribution in [3.05, 3.63) is 59.9 Å². The van der Waals surface area contributed by atoms with Crippen LogP contribution in [0.4, 0.5) is 10.1 Å². The van der Waals surface area contributed by atoms with Crippen molar-refractivity contribution >= 4 is 17.6 Å². The molecule has 0 fully saturated rings. The van der Waals surface area contributed by atoms with Crippen LogP contribution in [-0.4, -0.2) is 52.3 Å². The van der Waals surface area contributed by atoms with E-state index in [0.717, 1.165) is 23.4 Å². The number of hydrogen-bond donors (Lipinski definition) is 3. The van der Waals surface area contributed by atoms with Gasteiger partial charge in [0.25, 0.3) is 0 Å². The first kappa shape index (κ1) is 23.2. The van der Waals surface area contributed by atoms with E-state index >= 15 is 0 Å². The van der Waals surface area contributed by atoms with Gasteiger partial charge in [-0.3, -0.25) is 9.79 Å². The van der Waals surface area contributed by atoms with Crippen LogP contribution in [0.1, 0.15) is 12.0 Å². The van der Waals surface area contributed by atoms with Gasteiger partial charge in [-0.05, 0) is 29.8 Å². The molecule has 0 bridgehead atoms. The lowest BCUT2D eigenvalue weighted by Crippen LogP contribution is -2.38. The summed E-state index contributed by atoms with van der Waals surface area (Å²) in [6.45, 7) is 2.18. The molecule has 8 heteroatoms. The molecule has 0 spiro atoms. The van der Waals surface area contributed by atoms with E-state index in [0.29, 0.717) is 32.3 Å². The van der Waals surface area contributed by atoms with Crippen molar-refractivity contribution in [2.24, 2.45) is 4.99 Å². The maximum absolute atomic E-state index is 12.9. The number of anilines is 1. The van der Waals surface area contributed by atoms with E-state index in [2.05, 4.69) is 20.9 Å². The van der Waals surface area contributed by atoms with Crippen LogP contribution in [0.15, 0.2) is 53.5 Å². The lowest BCUT2D eigenvalue weighted by molar-refractivity contribution is -0.120. The Hall–Kier alpha value is -3.13. The van der Waals surface area contributed by atoms with Crippen LogP contribution in [0.5, 0.6) is 5.75 Å². The number of guanidine groups is 1. The van der Waals surface area contributed by atoms with Gasteiger partial charge in [-0.2, -0.15) is 0 Å². The highest BCUT2D eigenvalue weighted by Crippen LogP contribution is 2.17. The highest BCUT2D eigenvalue weighted by molar-refractivity contribution is 5.93. The van der Waals surface area contributed by atoms with E-state index < -0.39 is 0 Å². The minimum Gasteiger partial charge on any atom is -0.493 e. The van der Waals surface area contributed by atoms with E-state index in [9.17, 15) is 9.18 Å². The molecule has 0 aliphatic rings. The predicted molar refractivity (Wildman–Crippen MR) is 117 cm³/mol. The number of ether oxygens (including phenoxy) is 2. The second kappa shape index (κ2) is 13.2. The van der Waals surface area contributed by atoms with Crippen molar-refractivity contribution in [2.75, 3.05) is 45.8 Å². The molecule has 0 saturated carbocycles. The molecule has 0 heterocycles. The number of nitrogens with one attached hydrogen (secondary N) is 3. The van der Waals surface area contributed by atoms with Crippen molar-refractivity contribution < 1.29 is 18.7 Å².